The van der Waals surface area contributed by atoms with Crippen LogP contribution in [-0.2, 0) is 6.42 Å². The Morgan fingerprint density at radius 2 is 1.73 bits per heavy atom. The molecule has 0 unspecified atom stereocenters. The molecule has 1 amide bonds. The highest BCUT2D eigenvalue weighted by Gasteiger charge is 2.23. The van der Waals surface area contributed by atoms with E-state index in [2.05, 4.69) is 15.1 Å². The molecule has 0 radical (unpaired) electrons. The fourth-order valence-electron chi connectivity index (χ4n) is 3.53. The van der Waals surface area contributed by atoms with Crippen molar-refractivity contribution in [2.45, 2.75) is 20.3 Å². The van der Waals surface area contributed by atoms with Gasteiger partial charge in [-0.25, -0.2) is 9.49 Å². The van der Waals surface area contributed by atoms with Crippen LogP contribution in [0.1, 0.15) is 35.5 Å². The smallest absolute Gasteiger partial charge is 0.272 e. The highest BCUT2D eigenvalue weighted by molar-refractivity contribution is 5.95. The van der Waals surface area contributed by atoms with Gasteiger partial charge in [0.05, 0.1) is 16.6 Å². The van der Waals surface area contributed by atoms with Crippen molar-refractivity contribution in [2.24, 2.45) is 0 Å². The van der Waals surface area contributed by atoms with Crippen LogP contribution in [0.25, 0.3) is 10.8 Å². The third-order valence-electron chi connectivity index (χ3n) is 5.20. The lowest BCUT2D eigenvalue weighted by Crippen LogP contribution is -2.47. The number of halogens is 1. The van der Waals surface area contributed by atoms with Gasteiger partial charge in [-0.1, -0.05) is 38.1 Å². The fraction of sp³-hybridized carbons (Fsp3) is 0.348. The van der Waals surface area contributed by atoms with E-state index in [0.29, 0.717) is 30.6 Å². The molecule has 30 heavy (non-hydrogen) atoms. The zero-order valence-electron chi connectivity index (χ0n) is 17.6. The molecule has 0 saturated carbocycles. The van der Waals surface area contributed by atoms with Gasteiger partial charge in [0.15, 0.2) is 0 Å². The topological polar surface area (TPSA) is 69.3 Å². The van der Waals surface area contributed by atoms with E-state index in [1.165, 1.54) is 6.07 Å². The quantitative estimate of drug-likeness (QED) is 0.721. The zero-order valence-corrected chi connectivity index (χ0v) is 17.6. The number of amides is 1. The summed E-state index contributed by atoms with van der Waals surface area (Å²) in [5.74, 6) is -0.807. The Labute approximate surface area is 175 Å². The van der Waals surface area contributed by atoms with Gasteiger partial charge in [0.1, 0.15) is 5.82 Å². The van der Waals surface area contributed by atoms with Crippen LogP contribution in [-0.4, -0.2) is 59.1 Å². The number of H-pyrrole nitrogens is 1. The van der Waals surface area contributed by atoms with Crippen LogP contribution in [0.15, 0.2) is 47.3 Å². The minimum atomic E-state index is -0.521. The molecule has 1 aliphatic heterocycles. The van der Waals surface area contributed by atoms with E-state index in [0.717, 1.165) is 24.0 Å². The van der Waals surface area contributed by atoms with Crippen molar-refractivity contribution in [1.29, 1.82) is 0 Å². The number of hydrogen-bond acceptors (Lipinski definition) is 4. The van der Waals surface area contributed by atoms with Crippen molar-refractivity contribution in [2.75, 3.05) is 33.2 Å². The Morgan fingerprint density at radius 1 is 1.07 bits per heavy atom. The first-order chi connectivity index (χ1) is 14.5. The van der Waals surface area contributed by atoms with Gasteiger partial charge in [-0.15, -0.1) is 0 Å². The summed E-state index contributed by atoms with van der Waals surface area (Å²) in [6, 6.07) is 11.8. The number of carbonyl (C=O) groups is 1. The van der Waals surface area contributed by atoms with Gasteiger partial charge in [0, 0.05) is 38.0 Å². The molecule has 158 valence electrons. The Kier molecular flexibility index (Phi) is 6.95. The maximum absolute atomic E-state index is 14.4. The van der Waals surface area contributed by atoms with Crippen LogP contribution in [0.3, 0.4) is 0 Å². The normalized spacial score (nSPS) is 14.3. The second-order valence-electron chi connectivity index (χ2n) is 7.13. The van der Waals surface area contributed by atoms with Crippen molar-refractivity contribution in [3.05, 3.63) is 75.5 Å². The predicted octanol–water partition coefficient (Wildman–Crippen LogP) is 3.07. The molecule has 4 rings (SSSR count). The number of likely N-dealkylation sites (N-methyl/N-ethyl adjacent to an activating group) is 1. The van der Waals surface area contributed by atoms with E-state index in [4.69, 9.17) is 0 Å². The number of aromatic amines is 1. The van der Waals surface area contributed by atoms with E-state index in [9.17, 15) is 14.0 Å². The molecule has 1 N–H and O–H groups in total. The van der Waals surface area contributed by atoms with Crippen LogP contribution in [0.4, 0.5) is 4.39 Å². The second kappa shape index (κ2) is 9.63. The molecular weight excluding hydrogens is 383 g/mol. The molecule has 0 bridgehead atoms. The third-order valence-corrected chi connectivity index (χ3v) is 5.20. The lowest BCUT2D eigenvalue weighted by atomic mass is 10.0. The summed E-state index contributed by atoms with van der Waals surface area (Å²) < 4.78 is 14.4. The summed E-state index contributed by atoms with van der Waals surface area (Å²) in [5, 5.41) is 7.98. The monoisotopic (exact) mass is 410 g/mol. The molecule has 1 saturated heterocycles. The summed E-state index contributed by atoms with van der Waals surface area (Å²) in [5.41, 5.74) is 1.28. The predicted molar refractivity (Wildman–Crippen MR) is 116 cm³/mol. The Morgan fingerprint density at radius 3 is 2.43 bits per heavy atom. The molecule has 2 aromatic carbocycles. The maximum Gasteiger partial charge on any atom is 0.272 e. The second-order valence-corrected chi connectivity index (χ2v) is 7.13. The molecule has 2 heterocycles. The summed E-state index contributed by atoms with van der Waals surface area (Å²) in [6.07, 6.45) is 0.389. The van der Waals surface area contributed by atoms with E-state index in [1.54, 1.807) is 29.2 Å². The van der Waals surface area contributed by atoms with Gasteiger partial charge in [-0.05, 0) is 30.8 Å². The van der Waals surface area contributed by atoms with Crippen LogP contribution in [0.5, 0.6) is 0 Å². The highest BCUT2D eigenvalue weighted by Crippen LogP contribution is 2.19. The average molecular weight is 410 g/mol. The van der Waals surface area contributed by atoms with Crippen molar-refractivity contribution in [1.82, 2.24) is 20.0 Å². The SMILES string of the molecule is CC.CN1CCN(C(=O)c2cc(Cc3n[nH]c(=O)c4ccccc34)ccc2F)CC1. The standard InChI is InChI=1S/C21H21FN4O2.C2H6/c1-25-8-10-26(11-9-25)21(28)17-12-14(6-7-18(17)22)13-19-15-4-2-3-5-16(15)20(27)24-23-19;1-2/h2-7,12H,8-11,13H2,1H3,(H,24,27);1-2H3. The molecule has 3 aromatic rings. The minimum Gasteiger partial charge on any atom is -0.336 e. The van der Waals surface area contributed by atoms with Crippen molar-refractivity contribution < 1.29 is 9.18 Å². The summed E-state index contributed by atoms with van der Waals surface area (Å²) in [7, 11) is 2.00. The molecule has 1 fully saturated rings. The number of rotatable bonds is 3. The zero-order chi connectivity index (χ0) is 21.7. The summed E-state index contributed by atoms with van der Waals surface area (Å²) >= 11 is 0. The van der Waals surface area contributed by atoms with Crippen molar-refractivity contribution in [3.63, 3.8) is 0 Å². The number of carbonyl (C=O) groups excluding carboxylic acids is 1. The number of benzene rings is 2. The number of fused-ring (bicyclic) bond motifs is 1. The molecule has 0 spiro atoms. The largest absolute Gasteiger partial charge is 0.336 e. The first-order valence-corrected chi connectivity index (χ1v) is 10.3. The van der Waals surface area contributed by atoms with Gasteiger partial charge in [0.2, 0.25) is 0 Å². The first kappa shape index (κ1) is 21.6. The van der Waals surface area contributed by atoms with Crippen LogP contribution in [0.2, 0.25) is 0 Å². The third kappa shape index (κ3) is 4.57. The molecule has 7 heteroatoms. The van der Waals surface area contributed by atoms with Gasteiger partial charge in [0.25, 0.3) is 11.5 Å². The van der Waals surface area contributed by atoms with E-state index >= 15 is 0 Å². The van der Waals surface area contributed by atoms with Gasteiger partial charge in [-0.3, -0.25) is 9.59 Å². The number of nitrogens with one attached hydrogen (secondary N) is 1. The van der Waals surface area contributed by atoms with Gasteiger partial charge in [-0.2, -0.15) is 5.10 Å². The van der Waals surface area contributed by atoms with Crippen LogP contribution in [0, 0.1) is 5.82 Å². The fourth-order valence-corrected chi connectivity index (χ4v) is 3.53. The number of hydrogen-bond donors (Lipinski definition) is 1. The van der Waals surface area contributed by atoms with Crippen molar-refractivity contribution >= 4 is 16.7 Å². The number of nitrogens with zero attached hydrogens (tertiary/aromatic N) is 3. The molecular formula is C23H27FN4O2. The van der Waals surface area contributed by atoms with Crippen LogP contribution >= 0.6 is 0 Å². The average Bonchev–Trinajstić information content (AvgIpc) is 2.78. The molecule has 1 aromatic heterocycles. The Balaban J connectivity index is 0.00000124. The Bertz CT molecular complexity index is 1090. The van der Waals surface area contributed by atoms with E-state index in [-0.39, 0.29) is 17.0 Å². The van der Waals surface area contributed by atoms with E-state index in [1.807, 2.05) is 33.0 Å². The molecule has 0 atom stereocenters. The lowest BCUT2D eigenvalue weighted by molar-refractivity contribution is 0.0659. The first-order valence-electron chi connectivity index (χ1n) is 10.3. The summed E-state index contributed by atoms with van der Waals surface area (Å²) in [6.45, 7) is 6.73. The number of aromatic nitrogens is 2. The lowest BCUT2D eigenvalue weighted by Gasteiger charge is -2.32. The molecule has 1 aliphatic rings. The van der Waals surface area contributed by atoms with Gasteiger partial charge < -0.3 is 9.80 Å². The van der Waals surface area contributed by atoms with Crippen LogP contribution < -0.4 is 5.56 Å². The van der Waals surface area contributed by atoms with E-state index < -0.39 is 5.82 Å². The minimum absolute atomic E-state index is 0.0794. The summed E-state index contributed by atoms with van der Waals surface area (Å²) in [4.78, 5) is 28.6. The number of piperazine rings is 1. The maximum atomic E-state index is 14.4. The molecule has 0 aliphatic carbocycles. The van der Waals surface area contributed by atoms with Crippen molar-refractivity contribution in [3.8, 4) is 0 Å². The Hall–Kier alpha value is -3.06. The highest BCUT2D eigenvalue weighted by atomic mass is 19.1. The molecule has 6 nitrogen and oxygen atoms in total. The van der Waals surface area contributed by atoms with Gasteiger partial charge >= 0.3 is 0 Å².